The molecule has 3 rings (SSSR count). The number of hydrazone groups is 1. The van der Waals surface area contributed by atoms with Crippen LogP contribution in [0.3, 0.4) is 0 Å². The van der Waals surface area contributed by atoms with Gasteiger partial charge >= 0.3 is 0 Å². The number of nitrogens with one attached hydrogen (secondary N) is 1. The number of amides is 1. The number of aryl methyl sites for hydroxylation is 1. The first-order chi connectivity index (χ1) is 16.1. The van der Waals surface area contributed by atoms with Crippen LogP contribution in [-0.4, -0.2) is 33.2 Å². The summed E-state index contributed by atoms with van der Waals surface area (Å²) in [6, 6.07) is 18.3. The Morgan fingerprint density at radius 1 is 1.03 bits per heavy atom. The van der Waals surface area contributed by atoms with E-state index in [2.05, 4.69) is 10.5 Å². The normalized spacial score (nSPS) is 11.6. The number of nitrogens with zero attached hydrogens (tertiary/aromatic N) is 2. The van der Waals surface area contributed by atoms with Gasteiger partial charge in [-0.2, -0.15) is 5.10 Å². The lowest BCUT2D eigenvalue weighted by Gasteiger charge is -2.23. The molecule has 0 aromatic heterocycles. The van der Waals surface area contributed by atoms with Gasteiger partial charge in [-0.15, -0.1) is 0 Å². The largest absolute Gasteiger partial charge is 0.491 e. The highest BCUT2D eigenvalue weighted by molar-refractivity contribution is 7.92. The summed E-state index contributed by atoms with van der Waals surface area (Å²) >= 11 is 0. The maximum Gasteiger partial charge on any atom is 0.264 e. The molecule has 0 saturated heterocycles. The second-order valence-corrected chi connectivity index (χ2v) is 9.69. The molecule has 0 saturated carbocycles. The molecule has 0 spiro atoms. The van der Waals surface area contributed by atoms with Crippen molar-refractivity contribution in [2.45, 2.75) is 31.8 Å². The van der Waals surface area contributed by atoms with Crippen molar-refractivity contribution >= 4 is 27.8 Å². The van der Waals surface area contributed by atoms with E-state index < -0.39 is 28.3 Å². The Hall–Kier alpha value is -3.72. The van der Waals surface area contributed by atoms with E-state index >= 15 is 0 Å². The van der Waals surface area contributed by atoms with Gasteiger partial charge in [-0.05, 0) is 87.0 Å². The molecule has 0 unspecified atom stereocenters. The molecule has 0 aliphatic heterocycles. The van der Waals surface area contributed by atoms with Gasteiger partial charge in [0.1, 0.15) is 18.1 Å². The molecule has 34 heavy (non-hydrogen) atoms. The van der Waals surface area contributed by atoms with Gasteiger partial charge in [-0.3, -0.25) is 9.10 Å². The molecule has 3 aromatic rings. The van der Waals surface area contributed by atoms with Gasteiger partial charge in [-0.25, -0.2) is 18.2 Å². The minimum Gasteiger partial charge on any atom is -0.491 e. The van der Waals surface area contributed by atoms with Crippen molar-refractivity contribution in [2.75, 3.05) is 10.8 Å². The number of hydrogen-bond acceptors (Lipinski definition) is 5. The number of anilines is 1. The number of halogens is 1. The fourth-order valence-corrected chi connectivity index (χ4v) is 4.43. The Morgan fingerprint density at radius 3 is 2.24 bits per heavy atom. The zero-order valence-electron chi connectivity index (χ0n) is 19.1. The molecule has 0 radical (unpaired) electrons. The molecule has 178 valence electrons. The minimum absolute atomic E-state index is 0.0569. The smallest absolute Gasteiger partial charge is 0.264 e. The highest BCUT2D eigenvalue weighted by Gasteiger charge is 2.27. The van der Waals surface area contributed by atoms with Crippen LogP contribution >= 0.6 is 0 Å². The number of carbonyl (C=O) groups excluding carboxylic acids is 1. The van der Waals surface area contributed by atoms with Gasteiger partial charge in [0.15, 0.2) is 0 Å². The summed E-state index contributed by atoms with van der Waals surface area (Å²) in [6.07, 6.45) is 1.50. The van der Waals surface area contributed by atoms with Crippen molar-refractivity contribution < 1.29 is 22.3 Å². The van der Waals surface area contributed by atoms with E-state index in [1.807, 2.05) is 20.8 Å². The number of carbonyl (C=O) groups is 1. The highest BCUT2D eigenvalue weighted by atomic mass is 32.2. The van der Waals surface area contributed by atoms with Crippen molar-refractivity contribution in [1.82, 2.24) is 5.43 Å². The Kier molecular flexibility index (Phi) is 8.01. The van der Waals surface area contributed by atoms with Crippen LogP contribution in [0.2, 0.25) is 0 Å². The lowest BCUT2D eigenvalue weighted by atomic mass is 10.2. The summed E-state index contributed by atoms with van der Waals surface area (Å²) in [6.45, 7) is 5.22. The standard InChI is InChI=1S/C25H26FN3O4S/c1-18(2)33-23-12-6-20(7-13-23)16-27-28-25(30)17-29(22-10-4-19(3)5-11-22)34(31,32)24-14-8-21(26)9-15-24/h4-16,18H,17H2,1-3H3,(H,28,30)/b27-16-. The summed E-state index contributed by atoms with van der Waals surface area (Å²) in [5.74, 6) is -0.477. The Bertz CT molecular complexity index is 1240. The zero-order chi connectivity index (χ0) is 24.7. The summed E-state index contributed by atoms with van der Waals surface area (Å²) in [7, 11) is -4.13. The quantitative estimate of drug-likeness (QED) is 0.364. The van der Waals surface area contributed by atoms with Crippen LogP contribution in [0.1, 0.15) is 25.0 Å². The van der Waals surface area contributed by atoms with E-state index in [0.717, 1.165) is 45.4 Å². The molecular formula is C25H26FN3O4S. The molecule has 0 aliphatic rings. The number of sulfonamides is 1. The van der Waals surface area contributed by atoms with Crippen molar-refractivity contribution in [3.05, 3.63) is 89.7 Å². The average molecular weight is 484 g/mol. The molecule has 0 bridgehead atoms. The number of hydrogen-bond donors (Lipinski definition) is 1. The summed E-state index contributed by atoms with van der Waals surface area (Å²) in [4.78, 5) is 12.5. The maximum absolute atomic E-state index is 13.3. The van der Waals surface area contributed by atoms with Gasteiger partial charge in [-0.1, -0.05) is 17.7 Å². The first-order valence-corrected chi connectivity index (χ1v) is 12.0. The van der Waals surface area contributed by atoms with Crippen LogP contribution in [0.15, 0.2) is 82.8 Å². The molecule has 1 N–H and O–H groups in total. The van der Waals surface area contributed by atoms with Crippen LogP contribution in [0.5, 0.6) is 5.75 Å². The van der Waals surface area contributed by atoms with E-state index in [0.29, 0.717) is 5.69 Å². The maximum atomic E-state index is 13.3. The number of benzene rings is 3. The first-order valence-electron chi connectivity index (χ1n) is 10.6. The van der Waals surface area contributed by atoms with Crippen molar-refractivity contribution in [3.63, 3.8) is 0 Å². The monoisotopic (exact) mass is 483 g/mol. The zero-order valence-corrected chi connectivity index (χ0v) is 19.9. The fourth-order valence-electron chi connectivity index (χ4n) is 3.01. The lowest BCUT2D eigenvalue weighted by molar-refractivity contribution is -0.119. The van der Waals surface area contributed by atoms with E-state index in [1.165, 1.54) is 6.21 Å². The predicted molar refractivity (Wildman–Crippen MR) is 130 cm³/mol. The molecule has 0 aliphatic carbocycles. The second-order valence-electron chi connectivity index (χ2n) is 7.83. The number of rotatable bonds is 9. The molecule has 1 amide bonds. The van der Waals surface area contributed by atoms with E-state index in [9.17, 15) is 17.6 Å². The van der Waals surface area contributed by atoms with Gasteiger partial charge in [0, 0.05) is 0 Å². The van der Waals surface area contributed by atoms with E-state index in [1.54, 1.807) is 48.5 Å². The van der Waals surface area contributed by atoms with Gasteiger partial charge < -0.3 is 4.74 Å². The average Bonchev–Trinajstić information content (AvgIpc) is 2.79. The third-order valence-corrected chi connectivity index (χ3v) is 6.45. The molecule has 3 aromatic carbocycles. The van der Waals surface area contributed by atoms with Crippen LogP contribution in [0.25, 0.3) is 0 Å². The highest BCUT2D eigenvalue weighted by Crippen LogP contribution is 2.24. The third kappa shape index (κ3) is 6.64. The topological polar surface area (TPSA) is 88.1 Å². The minimum atomic E-state index is -4.13. The summed E-state index contributed by atoms with van der Waals surface area (Å²) in [5, 5.41) is 3.92. The Morgan fingerprint density at radius 2 is 1.65 bits per heavy atom. The predicted octanol–water partition coefficient (Wildman–Crippen LogP) is 4.27. The summed E-state index contributed by atoms with van der Waals surface area (Å²) < 4.78 is 46.3. The van der Waals surface area contributed by atoms with Crippen molar-refractivity contribution in [1.29, 1.82) is 0 Å². The molecule has 7 nitrogen and oxygen atoms in total. The Labute approximate surface area is 198 Å². The van der Waals surface area contributed by atoms with E-state index in [-0.39, 0.29) is 11.0 Å². The first kappa shape index (κ1) is 24.9. The van der Waals surface area contributed by atoms with Crippen LogP contribution in [0.4, 0.5) is 10.1 Å². The fraction of sp³-hybridized carbons (Fsp3) is 0.200. The van der Waals surface area contributed by atoms with Crippen LogP contribution < -0.4 is 14.5 Å². The molecular weight excluding hydrogens is 457 g/mol. The molecule has 0 fully saturated rings. The van der Waals surface area contributed by atoms with Gasteiger partial charge in [0.05, 0.1) is 22.9 Å². The lowest BCUT2D eigenvalue weighted by Crippen LogP contribution is -2.39. The van der Waals surface area contributed by atoms with Gasteiger partial charge in [0.2, 0.25) is 0 Å². The van der Waals surface area contributed by atoms with Crippen molar-refractivity contribution in [3.8, 4) is 5.75 Å². The third-order valence-electron chi connectivity index (χ3n) is 4.67. The molecule has 0 heterocycles. The van der Waals surface area contributed by atoms with E-state index in [4.69, 9.17) is 4.74 Å². The van der Waals surface area contributed by atoms with Crippen LogP contribution in [0, 0.1) is 12.7 Å². The Balaban J connectivity index is 1.75. The SMILES string of the molecule is Cc1ccc(N(CC(=O)N/N=C\c2ccc(OC(C)C)cc2)S(=O)(=O)c2ccc(F)cc2)cc1. The molecule has 0 atom stereocenters. The van der Waals surface area contributed by atoms with Gasteiger partial charge in [0.25, 0.3) is 15.9 Å². The molecule has 9 heteroatoms. The van der Waals surface area contributed by atoms with Crippen molar-refractivity contribution in [2.24, 2.45) is 5.10 Å². The summed E-state index contributed by atoms with van der Waals surface area (Å²) in [5.41, 5.74) is 4.32. The van der Waals surface area contributed by atoms with Crippen LogP contribution in [-0.2, 0) is 14.8 Å². The second kappa shape index (κ2) is 10.9. The number of ether oxygens (including phenoxy) is 1.